The molecule has 1 aliphatic heterocycles. The van der Waals surface area contributed by atoms with Gasteiger partial charge < -0.3 is 25.8 Å². The summed E-state index contributed by atoms with van der Waals surface area (Å²) in [7, 11) is 0. The maximum Gasteiger partial charge on any atom is 0.402 e. The van der Waals surface area contributed by atoms with Crippen LogP contribution in [0.4, 0.5) is 20.8 Å². The van der Waals surface area contributed by atoms with Gasteiger partial charge in [0.25, 0.3) is 5.91 Å². The number of anilines is 2. The largest absolute Gasteiger partial charge is 0.465 e. The number of aromatic nitrogens is 5. The van der Waals surface area contributed by atoms with E-state index in [1.165, 1.54) is 28.5 Å². The number of nitrogens with zero attached hydrogens (tertiary/aromatic N) is 6. The summed E-state index contributed by atoms with van der Waals surface area (Å²) >= 11 is 0. The molecule has 0 bridgehead atoms. The third kappa shape index (κ3) is 5.14. The van der Waals surface area contributed by atoms with E-state index in [1.807, 2.05) is 0 Å². The Hall–Kier alpha value is -3.87. The number of ether oxygens (including phenoxy) is 1. The quantitative estimate of drug-likeness (QED) is 0.528. The van der Waals surface area contributed by atoms with Crippen LogP contribution in [-0.4, -0.2) is 67.9 Å². The first kappa shape index (κ1) is 22.3. The van der Waals surface area contributed by atoms with Gasteiger partial charge in [0, 0.05) is 18.7 Å². The number of rotatable bonds is 4. The van der Waals surface area contributed by atoms with Crippen LogP contribution in [0.25, 0.3) is 16.9 Å². The van der Waals surface area contributed by atoms with Gasteiger partial charge in [0.1, 0.15) is 12.4 Å². The molecule has 1 aromatic carbocycles. The highest BCUT2D eigenvalue weighted by atomic mass is 19.1. The number of primary amides is 1. The molecule has 13 heteroatoms. The highest BCUT2D eigenvalue weighted by Crippen LogP contribution is 2.25. The van der Waals surface area contributed by atoms with Crippen molar-refractivity contribution >= 4 is 34.8 Å². The number of halogens is 1. The topological polar surface area (TPSA) is 161 Å². The Balaban J connectivity index is 0.000000601. The van der Waals surface area contributed by atoms with Gasteiger partial charge in [0.05, 0.1) is 24.2 Å². The predicted molar refractivity (Wildman–Crippen MR) is 116 cm³/mol. The zero-order valence-corrected chi connectivity index (χ0v) is 17.6. The number of hydrogen-bond donors (Lipinski definition) is 3. The van der Waals surface area contributed by atoms with Gasteiger partial charge in [-0.1, -0.05) is 18.1 Å². The summed E-state index contributed by atoms with van der Waals surface area (Å²) in [5, 5.41) is 18.7. The fraction of sp³-hybridized carbons (Fsp3) is 0.400. The van der Waals surface area contributed by atoms with Gasteiger partial charge in [-0.05, 0) is 25.0 Å². The van der Waals surface area contributed by atoms with E-state index in [0.29, 0.717) is 42.0 Å². The second-order valence-corrected chi connectivity index (χ2v) is 7.60. The van der Waals surface area contributed by atoms with E-state index in [9.17, 15) is 9.18 Å². The highest BCUT2D eigenvalue weighted by molar-refractivity contribution is 5.95. The summed E-state index contributed by atoms with van der Waals surface area (Å²) in [4.78, 5) is 31.0. The molecule has 0 unspecified atom stereocenters. The summed E-state index contributed by atoms with van der Waals surface area (Å²) in [6, 6.07) is 4.97. The molecule has 174 valence electrons. The van der Waals surface area contributed by atoms with Gasteiger partial charge in [-0.25, -0.2) is 14.2 Å². The van der Waals surface area contributed by atoms with E-state index in [-0.39, 0.29) is 18.2 Å². The minimum absolute atomic E-state index is 0.0391. The smallest absolute Gasteiger partial charge is 0.402 e. The van der Waals surface area contributed by atoms with Crippen LogP contribution in [0, 0.1) is 5.82 Å². The molecule has 0 atom stereocenters. The van der Waals surface area contributed by atoms with E-state index in [4.69, 9.17) is 14.6 Å². The minimum Gasteiger partial charge on any atom is -0.465 e. The first-order chi connectivity index (χ1) is 15.9. The average Bonchev–Trinajstić information content (AvgIpc) is 3.44. The molecular formula is C20H23FN8O4. The number of nitrogens with two attached hydrogens (primary N) is 1. The van der Waals surface area contributed by atoms with Crippen LogP contribution in [0.2, 0.25) is 0 Å². The Kier molecular flexibility index (Phi) is 6.58. The Morgan fingerprint density at radius 3 is 2.76 bits per heavy atom. The van der Waals surface area contributed by atoms with Gasteiger partial charge in [-0.2, -0.15) is 9.67 Å². The first-order valence-corrected chi connectivity index (χ1v) is 10.4. The van der Waals surface area contributed by atoms with E-state index >= 15 is 0 Å². The number of hydrogen-bond acceptors (Lipinski definition) is 8. The SMILES string of the molecule is NC(=O)O.O=C1COCCN1c1ccc(-n2nnc3cnc(NC4CCCC4)nc32)cc1F. The van der Waals surface area contributed by atoms with E-state index < -0.39 is 11.9 Å². The number of morpholine rings is 1. The molecular weight excluding hydrogens is 435 g/mol. The van der Waals surface area contributed by atoms with Crippen molar-refractivity contribution in [3.8, 4) is 5.69 Å². The van der Waals surface area contributed by atoms with Crippen LogP contribution in [0.5, 0.6) is 0 Å². The van der Waals surface area contributed by atoms with Crippen LogP contribution in [-0.2, 0) is 9.53 Å². The maximum atomic E-state index is 14.8. The molecule has 0 spiro atoms. The molecule has 3 aromatic rings. The Labute approximate surface area is 187 Å². The van der Waals surface area contributed by atoms with Crippen molar-refractivity contribution in [2.45, 2.75) is 31.7 Å². The Bertz CT molecular complexity index is 1160. The third-order valence-electron chi connectivity index (χ3n) is 5.33. The van der Waals surface area contributed by atoms with E-state index in [0.717, 1.165) is 12.8 Å². The zero-order chi connectivity index (χ0) is 23.4. The predicted octanol–water partition coefficient (Wildman–Crippen LogP) is 1.69. The first-order valence-electron chi connectivity index (χ1n) is 10.4. The Morgan fingerprint density at radius 1 is 1.30 bits per heavy atom. The van der Waals surface area contributed by atoms with Crippen molar-refractivity contribution in [1.29, 1.82) is 0 Å². The van der Waals surface area contributed by atoms with Crippen molar-refractivity contribution in [2.24, 2.45) is 5.73 Å². The number of fused-ring (bicyclic) bond motifs is 1. The number of carboxylic acid groups (broad SMARTS) is 1. The molecule has 1 saturated heterocycles. The van der Waals surface area contributed by atoms with Crippen LogP contribution < -0.4 is 16.0 Å². The van der Waals surface area contributed by atoms with Crippen molar-refractivity contribution in [2.75, 3.05) is 30.0 Å². The van der Waals surface area contributed by atoms with Crippen molar-refractivity contribution in [3.63, 3.8) is 0 Å². The molecule has 2 aromatic heterocycles. The van der Waals surface area contributed by atoms with Crippen molar-refractivity contribution < 1.29 is 23.8 Å². The summed E-state index contributed by atoms with van der Waals surface area (Å²) in [5.41, 5.74) is 5.74. The number of carbonyl (C=O) groups excluding carboxylic acids is 1. The fourth-order valence-electron chi connectivity index (χ4n) is 3.84. The molecule has 4 N–H and O–H groups in total. The van der Waals surface area contributed by atoms with Crippen molar-refractivity contribution in [3.05, 3.63) is 30.2 Å². The van der Waals surface area contributed by atoms with Gasteiger partial charge in [0.2, 0.25) is 5.95 Å². The number of nitrogens with one attached hydrogen (secondary N) is 1. The minimum atomic E-state index is -1.33. The molecule has 3 heterocycles. The summed E-state index contributed by atoms with van der Waals surface area (Å²) in [5.74, 6) is -0.256. The molecule has 2 amide bonds. The fourth-order valence-corrected chi connectivity index (χ4v) is 3.84. The van der Waals surface area contributed by atoms with Crippen molar-refractivity contribution in [1.82, 2.24) is 25.0 Å². The Morgan fingerprint density at radius 2 is 2.06 bits per heavy atom. The molecule has 1 aliphatic carbocycles. The van der Waals surface area contributed by atoms with Crippen LogP contribution in [0.15, 0.2) is 24.4 Å². The number of amides is 2. The number of benzene rings is 1. The summed E-state index contributed by atoms with van der Waals surface area (Å²) in [6.45, 7) is 0.668. The summed E-state index contributed by atoms with van der Waals surface area (Å²) in [6.07, 6.45) is 4.89. The standard InChI is InChI=1S/C19H20FN7O2.CH3NO2/c20-14-9-13(5-6-16(14)26-7-8-29-11-17(26)28)27-18-15(24-25-27)10-21-19(23-18)22-12-3-1-2-4-12;2-1(3)4/h5-6,9-10,12H,1-4,7-8,11H2,(H,21,22,23);2H2,(H,3,4). The lowest BCUT2D eigenvalue weighted by Crippen LogP contribution is -2.42. The van der Waals surface area contributed by atoms with E-state index in [1.54, 1.807) is 18.3 Å². The van der Waals surface area contributed by atoms with E-state index in [2.05, 4.69) is 31.3 Å². The lowest BCUT2D eigenvalue weighted by Gasteiger charge is -2.27. The summed E-state index contributed by atoms with van der Waals surface area (Å²) < 4.78 is 21.4. The van der Waals surface area contributed by atoms with Gasteiger partial charge in [0.15, 0.2) is 11.2 Å². The molecule has 2 aliphatic rings. The molecule has 5 rings (SSSR count). The molecule has 1 saturated carbocycles. The third-order valence-corrected chi connectivity index (χ3v) is 5.33. The lowest BCUT2D eigenvalue weighted by molar-refractivity contribution is -0.125. The number of carbonyl (C=O) groups is 2. The van der Waals surface area contributed by atoms with Crippen LogP contribution in [0.3, 0.4) is 0 Å². The molecule has 2 fully saturated rings. The lowest BCUT2D eigenvalue weighted by atomic mass is 10.2. The molecule has 33 heavy (non-hydrogen) atoms. The van der Waals surface area contributed by atoms with Gasteiger partial charge >= 0.3 is 6.09 Å². The second kappa shape index (κ2) is 9.73. The normalized spacial score (nSPS) is 16.5. The maximum absolute atomic E-state index is 14.8. The monoisotopic (exact) mass is 458 g/mol. The molecule has 12 nitrogen and oxygen atoms in total. The highest BCUT2D eigenvalue weighted by Gasteiger charge is 2.23. The van der Waals surface area contributed by atoms with Gasteiger partial charge in [-0.15, -0.1) is 5.10 Å². The molecule has 0 radical (unpaired) electrons. The van der Waals surface area contributed by atoms with Crippen LogP contribution >= 0.6 is 0 Å². The average molecular weight is 458 g/mol. The zero-order valence-electron chi connectivity index (χ0n) is 17.6. The second-order valence-electron chi connectivity index (χ2n) is 7.60. The van der Waals surface area contributed by atoms with Gasteiger partial charge in [-0.3, -0.25) is 4.79 Å². The van der Waals surface area contributed by atoms with Crippen LogP contribution in [0.1, 0.15) is 25.7 Å².